The zero-order valence-electron chi connectivity index (χ0n) is 15.7. The number of benzene rings is 2. The van der Waals surface area contributed by atoms with Crippen molar-refractivity contribution in [1.82, 2.24) is 0 Å². The van der Waals surface area contributed by atoms with Crippen molar-refractivity contribution in [3.8, 4) is 11.5 Å². The highest BCUT2D eigenvalue weighted by atomic mass is 35.5. The predicted molar refractivity (Wildman–Crippen MR) is 105 cm³/mol. The number of nitrogens with one attached hydrogen (secondary N) is 1. The minimum Gasteiger partial charge on any atom is -0.495 e. The van der Waals surface area contributed by atoms with E-state index in [1.54, 1.807) is 6.07 Å². The fourth-order valence-corrected chi connectivity index (χ4v) is 2.57. The van der Waals surface area contributed by atoms with E-state index in [1.807, 2.05) is 0 Å². The third-order valence-corrected chi connectivity index (χ3v) is 4.09. The van der Waals surface area contributed by atoms with Crippen LogP contribution < -0.4 is 14.8 Å². The molecule has 0 aliphatic heterocycles. The van der Waals surface area contributed by atoms with Crippen LogP contribution in [-0.4, -0.2) is 36.9 Å². The van der Waals surface area contributed by atoms with Crippen LogP contribution in [0.2, 0.25) is 5.02 Å². The van der Waals surface area contributed by atoms with Crippen LogP contribution in [0.4, 0.5) is 17.1 Å². The van der Waals surface area contributed by atoms with Gasteiger partial charge in [-0.1, -0.05) is 17.7 Å². The number of Topliss-reactive ketones (excluding diaryl/α,β-unsaturated/α-hetero) is 1. The molecule has 1 N–H and O–H groups in total. The second kappa shape index (κ2) is 9.60. The summed E-state index contributed by atoms with van der Waals surface area (Å²) in [5.74, 6) is -0.850. The topological polar surface area (TPSA) is 132 Å². The van der Waals surface area contributed by atoms with Crippen LogP contribution in [0, 0.1) is 10.1 Å². The first-order valence-electron chi connectivity index (χ1n) is 8.15. The lowest BCUT2D eigenvalue weighted by atomic mass is 10.2. The maximum Gasteiger partial charge on any atom is 0.271 e. The van der Waals surface area contributed by atoms with Crippen molar-refractivity contribution in [2.75, 3.05) is 19.5 Å². The molecule has 0 spiro atoms. The summed E-state index contributed by atoms with van der Waals surface area (Å²) in [4.78, 5) is 34.8. The summed E-state index contributed by atoms with van der Waals surface area (Å²) >= 11 is 6.22. The molecule has 152 valence electrons. The Morgan fingerprint density at radius 1 is 1.17 bits per heavy atom. The molecular formula is C18H17ClN4O6. The molecule has 11 heteroatoms. The van der Waals surface area contributed by atoms with E-state index in [0.717, 1.165) is 0 Å². The number of carbonyl (C=O) groups is 2. The number of halogens is 1. The average molecular weight is 421 g/mol. The number of ketones is 1. The van der Waals surface area contributed by atoms with Crippen LogP contribution in [0.5, 0.6) is 11.5 Å². The predicted octanol–water partition coefficient (Wildman–Crippen LogP) is 3.95. The molecule has 1 unspecified atom stereocenters. The smallest absolute Gasteiger partial charge is 0.271 e. The zero-order chi connectivity index (χ0) is 21.6. The molecular weight excluding hydrogens is 404 g/mol. The van der Waals surface area contributed by atoms with Gasteiger partial charge in [-0.15, -0.1) is 0 Å². The Balaban J connectivity index is 2.30. The van der Waals surface area contributed by atoms with Crippen LogP contribution >= 0.6 is 11.6 Å². The number of non-ortho nitro benzene ring substituents is 1. The van der Waals surface area contributed by atoms with E-state index in [1.165, 1.54) is 51.5 Å². The number of nitro groups is 1. The molecule has 0 saturated carbocycles. The summed E-state index contributed by atoms with van der Waals surface area (Å²) in [7, 11) is 2.79. The van der Waals surface area contributed by atoms with Crippen LogP contribution in [0.25, 0.3) is 0 Å². The molecule has 10 nitrogen and oxygen atoms in total. The van der Waals surface area contributed by atoms with Crippen LogP contribution in [0.3, 0.4) is 0 Å². The van der Waals surface area contributed by atoms with E-state index in [-0.39, 0.29) is 27.8 Å². The lowest BCUT2D eigenvalue weighted by Crippen LogP contribution is -2.32. The maximum absolute atomic E-state index is 12.6. The van der Waals surface area contributed by atoms with E-state index in [0.29, 0.717) is 5.75 Å². The first-order chi connectivity index (χ1) is 13.8. The molecule has 0 radical (unpaired) electrons. The Bertz CT molecular complexity index is 979. The van der Waals surface area contributed by atoms with Crippen molar-refractivity contribution in [3.63, 3.8) is 0 Å². The van der Waals surface area contributed by atoms with Crippen molar-refractivity contribution >= 4 is 40.4 Å². The normalized spacial score (nSPS) is 11.7. The number of anilines is 1. The third-order valence-electron chi connectivity index (χ3n) is 3.72. The number of carbonyl (C=O) groups excluding carboxylic acids is 2. The van der Waals surface area contributed by atoms with Gasteiger partial charge in [-0.25, -0.2) is 0 Å². The monoisotopic (exact) mass is 420 g/mol. The fourth-order valence-electron chi connectivity index (χ4n) is 2.29. The molecule has 0 bridgehead atoms. The number of ether oxygens (including phenoxy) is 2. The number of nitro benzene ring substituents is 1. The Kier molecular flexibility index (Phi) is 7.21. The second-order valence-corrected chi connectivity index (χ2v) is 6.03. The lowest BCUT2D eigenvalue weighted by molar-refractivity contribution is -0.384. The van der Waals surface area contributed by atoms with E-state index >= 15 is 0 Å². The maximum atomic E-state index is 12.6. The highest BCUT2D eigenvalue weighted by Gasteiger charge is 2.26. The SMILES string of the molecule is COc1ccc(OC)c(NC(=O)C(N=Nc2cccc([N+](=O)[O-])c2)C(C)=O)c1Cl. The van der Waals surface area contributed by atoms with Crippen LogP contribution in [-0.2, 0) is 9.59 Å². The number of azo groups is 1. The van der Waals surface area contributed by atoms with Gasteiger partial charge >= 0.3 is 0 Å². The van der Waals surface area contributed by atoms with Gasteiger partial charge in [0.1, 0.15) is 22.2 Å². The van der Waals surface area contributed by atoms with Crippen LogP contribution in [0.1, 0.15) is 6.92 Å². The lowest BCUT2D eigenvalue weighted by Gasteiger charge is -2.15. The number of rotatable bonds is 8. The van der Waals surface area contributed by atoms with Crippen molar-refractivity contribution in [3.05, 3.63) is 51.5 Å². The van der Waals surface area contributed by atoms with Crippen molar-refractivity contribution < 1.29 is 24.0 Å². The highest BCUT2D eigenvalue weighted by Crippen LogP contribution is 2.39. The summed E-state index contributed by atoms with van der Waals surface area (Å²) in [5.41, 5.74) is 0.0312. The molecule has 0 aromatic heterocycles. The molecule has 0 heterocycles. The molecule has 2 rings (SSSR count). The zero-order valence-corrected chi connectivity index (χ0v) is 16.5. The Morgan fingerprint density at radius 3 is 2.41 bits per heavy atom. The molecule has 29 heavy (non-hydrogen) atoms. The van der Waals surface area contributed by atoms with E-state index in [2.05, 4.69) is 15.5 Å². The Morgan fingerprint density at radius 2 is 1.83 bits per heavy atom. The molecule has 0 aliphatic carbocycles. The Labute approximate surface area is 170 Å². The standard InChI is InChI=1S/C18H17ClN4O6/c1-10(24)16(22-21-11-5-4-6-12(9-11)23(26)27)18(25)20-17-14(29-3)8-7-13(28-2)15(17)19/h4-9,16H,1-3H3,(H,20,25). The Hall–Kier alpha value is -3.53. The van der Waals surface area contributed by atoms with Gasteiger partial charge in [-0.3, -0.25) is 19.7 Å². The van der Waals surface area contributed by atoms with Gasteiger partial charge in [0.05, 0.1) is 24.8 Å². The van der Waals surface area contributed by atoms with E-state index in [4.69, 9.17) is 21.1 Å². The average Bonchev–Trinajstić information content (AvgIpc) is 2.69. The van der Waals surface area contributed by atoms with Gasteiger partial charge in [0.2, 0.25) is 6.04 Å². The third kappa shape index (κ3) is 5.26. The number of hydrogen-bond donors (Lipinski definition) is 1. The molecule has 0 saturated heterocycles. The van der Waals surface area contributed by atoms with Crippen molar-refractivity contribution in [1.29, 1.82) is 0 Å². The highest BCUT2D eigenvalue weighted by molar-refractivity contribution is 6.35. The van der Waals surface area contributed by atoms with Gasteiger partial charge in [-0.05, 0) is 25.1 Å². The summed E-state index contributed by atoms with van der Waals surface area (Å²) in [6.07, 6.45) is 0. The molecule has 0 aliphatic rings. The molecule has 1 amide bonds. The molecule has 2 aromatic carbocycles. The van der Waals surface area contributed by atoms with Gasteiger partial charge in [0, 0.05) is 12.1 Å². The molecule has 2 aromatic rings. The van der Waals surface area contributed by atoms with E-state index in [9.17, 15) is 19.7 Å². The minimum atomic E-state index is -1.50. The largest absolute Gasteiger partial charge is 0.495 e. The van der Waals surface area contributed by atoms with Gasteiger partial charge in [-0.2, -0.15) is 10.2 Å². The molecule has 1 atom stereocenters. The van der Waals surface area contributed by atoms with E-state index < -0.39 is 22.7 Å². The molecule has 0 fully saturated rings. The number of amides is 1. The summed E-state index contributed by atoms with van der Waals surface area (Å²) in [6, 6.07) is 6.91. The first kappa shape index (κ1) is 21.8. The minimum absolute atomic E-state index is 0.0816. The first-order valence-corrected chi connectivity index (χ1v) is 8.53. The summed E-state index contributed by atoms with van der Waals surface area (Å²) in [5, 5.41) is 20.9. The number of hydrogen-bond acceptors (Lipinski definition) is 8. The van der Waals surface area contributed by atoms with Crippen LogP contribution in [0.15, 0.2) is 46.6 Å². The van der Waals surface area contributed by atoms with Gasteiger partial charge < -0.3 is 14.8 Å². The fraction of sp³-hybridized carbons (Fsp3) is 0.222. The van der Waals surface area contributed by atoms with Crippen molar-refractivity contribution in [2.24, 2.45) is 10.2 Å². The summed E-state index contributed by atoms with van der Waals surface area (Å²) in [6.45, 7) is 1.17. The van der Waals surface area contributed by atoms with Gasteiger partial charge in [0.25, 0.3) is 11.6 Å². The van der Waals surface area contributed by atoms with Crippen molar-refractivity contribution in [2.45, 2.75) is 13.0 Å². The van der Waals surface area contributed by atoms with Gasteiger partial charge in [0.15, 0.2) is 5.78 Å². The number of methoxy groups -OCH3 is 2. The number of nitrogens with zero attached hydrogens (tertiary/aromatic N) is 3. The second-order valence-electron chi connectivity index (χ2n) is 5.65. The quantitative estimate of drug-likeness (QED) is 0.297. The summed E-state index contributed by atoms with van der Waals surface area (Å²) < 4.78 is 10.3.